The number of hydrogen-bond acceptors (Lipinski definition) is 3. The molecule has 0 aliphatic carbocycles. The van der Waals surface area contributed by atoms with Gasteiger partial charge in [0, 0.05) is 18.0 Å². The smallest absolute Gasteiger partial charge is 0.124 e. The van der Waals surface area contributed by atoms with Crippen molar-refractivity contribution in [3.8, 4) is 6.07 Å². The third kappa shape index (κ3) is 3.66. The van der Waals surface area contributed by atoms with Gasteiger partial charge in [-0.05, 0) is 41.6 Å². The normalized spacial score (nSPS) is 10.2. The molecule has 1 aromatic heterocycles. The first kappa shape index (κ1) is 12.7. The van der Waals surface area contributed by atoms with Crippen LogP contribution in [0.3, 0.4) is 0 Å². The van der Waals surface area contributed by atoms with Gasteiger partial charge in [-0.3, -0.25) is 0 Å². The molecular formula is C14H13FN2S. The van der Waals surface area contributed by atoms with Crippen LogP contribution in [0.5, 0.6) is 0 Å². The maximum Gasteiger partial charge on any atom is 0.124 e. The second-order valence-corrected chi connectivity index (χ2v) is 5.00. The molecule has 0 saturated heterocycles. The summed E-state index contributed by atoms with van der Waals surface area (Å²) in [5.41, 5.74) is 1.17. The molecule has 4 heteroatoms. The van der Waals surface area contributed by atoms with Crippen molar-refractivity contribution in [2.75, 3.05) is 6.54 Å². The number of benzene rings is 1. The minimum atomic E-state index is -0.357. The van der Waals surface area contributed by atoms with Gasteiger partial charge in [-0.2, -0.15) is 5.26 Å². The highest BCUT2D eigenvalue weighted by molar-refractivity contribution is 7.09. The van der Waals surface area contributed by atoms with E-state index in [2.05, 4.69) is 16.8 Å². The molecule has 1 N–H and O–H groups in total. The van der Waals surface area contributed by atoms with E-state index in [1.807, 2.05) is 12.1 Å². The summed E-state index contributed by atoms with van der Waals surface area (Å²) in [5.74, 6) is -0.357. The van der Waals surface area contributed by atoms with Gasteiger partial charge in [0.15, 0.2) is 0 Å². The first-order valence-electron chi connectivity index (χ1n) is 5.70. The molecule has 0 amide bonds. The fraction of sp³-hybridized carbons (Fsp3) is 0.214. The summed E-state index contributed by atoms with van der Waals surface area (Å²) in [5, 5.41) is 14.1. The lowest BCUT2D eigenvalue weighted by Crippen LogP contribution is -2.16. The Kier molecular flexibility index (Phi) is 4.46. The summed E-state index contributed by atoms with van der Waals surface area (Å²) < 4.78 is 13.2. The van der Waals surface area contributed by atoms with Crippen molar-refractivity contribution in [1.29, 1.82) is 5.26 Å². The average molecular weight is 260 g/mol. The van der Waals surface area contributed by atoms with Crippen molar-refractivity contribution >= 4 is 11.3 Å². The van der Waals surface area contributed by atoms with E-state index in [4.69, 9.17) is 5.26 Å². The minimum Gasteiger partial charge on any atom is -0.312 e. The van der Waals surface area contributed by atoms with E-state index in [9.17, 15) is 4.39 Å². The quantitative estimate of drug-likeness (QED) is 0.839. The van der Waals surface area contributed by atoms with Crippen LogP contribution in [0, 0.1) is 17.1 Å². The summed E-state index contributed by atoms with van der Waals surface area (Å²) in [7, 11) is 0. The lowest BCUT2D eigenvalue weighted by Gasteiger charge is -2.05. The lowest BCUT2D eigenvalue weighted by molar-refractivity contribution is 0.619. The van der Waals surface area contributed by atoms with Gasteiger partial charge in [0.25, 0.3) is 0 Å². The van der Waals surface area contributed by atoms with E-state index in [-0.39, 0.29) is 5.82 Å². The van der Waals surface area contributed by atoms with Crippen LogP contribution in [-0.2, 0) is 13.0 Å². The fourth-order valence-electron chi connectivity index (χ4n) is 1.72. The molecular weight excluding hydrogens is 247 g/mol. The number of nitriles is 1. The topological polar surface area (TPSA) is 35.8 Å². The van der Waals surface area contributed by atoms with E-state index in [1.165, 1.54) is 17.0 Å². The molecule has 1 aromatic carbocycles. The molecule has 0 bridgehead atoms. The van der Waals surface area contributed by atoms with Gasteiger partial charge in [0.2, 0.25) is 0 Å². The third-order valence-electron chi connectivity index (χ3n) is 2.54. The van der Waals surface area contributed by atoms with Crippen LogP contribution in [0.4, 0.5) is 4.39 Å². The van der Waals surface area contributed by atoms with Gasteiger partial charge in [-0.15, -0.1) is 11.3 Å². The van der Waals surface area contributed by atoms with Gasteiger partial charge >= 0.3 is 0 Å². The van der Waals surface area contributed by atoms with Crippen LogP contribution in [-0.4, -0.2) is 6.54 Å². The molecule has 0 unspecified atom stereocenters. The molecule has 0 atom stereocenters. The first-order valence-corrected chi connectivity index (χ1v) is 6.58. The summed E-state index contributed by atoms with van der Waals surface area (Å²) in [6, 6.07) is 10.5. The summed E-state index contributed by atoms with van der Waals surface area (Å²) in [4.78, 5) is 1.33. The molecule has 0 fully saturated rings. The van der Waals surface area contributed by atoms with Crippen LogP contribution < -0.4 is 5.32 Å². The molecule has 0 aliphatic rings. The molecule has 18 heavy (non-hydrogen) atoms. The number of nitrogens with one attached hydrogen (secondary N) is 1. The Balaban J connectivity index is 1.83. The molecule has 2 rings (SSSR count). The van der Waals surface area contributed by atoms with Crippen molar-refractivity contribution in [1.82, 2.24) is 5.32 Å². The average Bonchev–Trinajstić information content (AvgIpc) is 2.87. The van der Waals surface area contributed by atoms with Gasteiger partial charge in [-0.25, -0.2) is 4.39 Å². The summed E-state index contributed by atoms with van der Waals surface area (Å²) >= 11 is 1.73. The van der Waals surface area contributed by atoms with E-state index in [0.29, 0.717) is 12.1 Å². The number of hydrogen-bond donors (Lipinski definition) is 1. The van der Waals surface area contributed by atoms with E-state index >= 15 is 0 Å². The predicted octanol–water partition coefficient (Wildman–Crippen LogP) is 3.09. The lowest BCUT2D eigenvalue weighted by atomic mass is 10.1. The van der Waals surface area contributed by atoms with Gasteiger partial charge in [-0.1, -0.05) is 6.07 Å². The van der Waals surface area contributed by atoms with Crippen molar-refractivity contribution in [2.24, 2.45) is 0 Å². The minimum absolute atomic E-state index is 0.357. The Morgan fingerprint density at radius 1 is 1.33 bits per heavy atom. The number of thiophene rings is 1. The van der Waals surface area contributed by atoms with Gasteiger partial charge in [0.1, 0.15) is 5.82 Å². The summed E-state index contributed by atoms with van der Waals surface area (Å²) in [6.07, 6.45) is 0.970. The molecule has 0 aliphatic heterocycles. The Morgan fingerprint density at radius 3 is 2.94 bits per heavy atom. The molecule has 1 heterocycles. The van der Waals surface area contributed by atoms with E-state index in [1.54, 1.807) is 17.4 Å². The molecule has 0 saturated carbocycles. The Hall–Kier alpha value is -1.70. The predicted molar refractivity (Wildman–Crippen MR) is 70.8 cm³/mol. The van der Waals surface area contributed by atoms with Gasteiger partial charge in [0.05, 0.1) is 11.6 Å². The first-order chi connectivity index (χ1) is 8.78. The molecule has 0 radical (unpaired) electrons. The number of rotatable bonds is 5. The van der Waals surface area contributed by atoms with Crippen LogP contribution in [0.25, 0.3) is 0 Å². The highest BCUT2D eigenvalue weighted by Gasteiger charge is 2.00. The van der Waals surface area contributed by atoms with Crippen LogP contribution in [0.2, 0.25) is 0 Å². The summed E-state index contributed by atoms with van der Waals surface area (Å²) in [6.45, 7) is 1.43. The van der Waals surface area contributed by atoms with Crippen molar-refractivity contribution in [2.45, 2.75) is 13.0 Å². The number of nitrogens with zero attached hydrogens (tertiary/aromatic N) is 1. The largest absolute Gasteiger partial charge is 0.312 e. The highest BCUT2D eigenvalue weighted by Crippen LogP contribution is 2.10. The van der Waals surface area contributed by atoms with Gasteiger partial charge < -0.3 is 5.32 Å². The monoisotopic (exact) mass is 260 g/mol. The maximum atomic E-state index is 13.2. The zero-order valence-electron chi connectivity index (χ0n) is 9.82. The molecule has 0 spiro atoms. The standard InChI is InChI=1S/C14H13FN2S/c15-13-7-11(9-16)6-12(8-13)10-17-4-3-14-2-1-5-18-14/h1-2,5-8,17H,3-4,10H2. The third-order valence-corrected chi connectivity index (χ3v) is 3.48. The second-order valence-electron chi connectivity index (χ2n) is 3.97. The fourth-order valence-corrected chi connectivity index (χ4v) is 2.43. The van der Waals surface area contributed by atoms with Crippen LogP contribution >= 0.6 is 11.3 Å². The Labute approximate surface area is 110 Å². The van der Waals surface area contributed by atoms with E-state index < -0.39 is 0 Å². The zero-order chi connectivity index (χ0) is 12.8. The van der Waals surface area contributed by atoms with Crippen LogP contribution in [0.1, 0.15) is 16.0 Å². The van der Waals surface area contributed by atoms with Crippen molar-refractivity contribution in [3.05, 3.63) is 57.5 Å². The van der Waals surface area contributed by atoms with Crippen LogP contribution in [0.15, 0.2) is 35.7 Å². The Bertz CT molecular complexity index is 543. The zero-order valence-corrected chi connectivity index (χ0v) is 10.6. The maximum absolute atomic E-state index is 13.2. The molecule has 92 valence electrons. The Morgan fingerprint density at radius 2 is 2.22 bits per heavy atom. The SMILES string of the molecule is N#Cc1cc(F)cc(CNCCc2cccs2)c1. The van der Waals surface area contributed by atoms with E-state index in [0.717, 1.165) is 18.5 Å². The van der Waals surface area contributed by atoms with Crippen molar-refractivity contribution in [3.63, 3.8) is 0 Å². The second kappa shape index (κ2) is 6.29. The van der Waals surface area contributed by atoms with Crippen molar-refractivity contribution < 1.29 is 4.39 Å². The number of halogens is 1. The molecule has 2 nitrogen and oxygen atoms in total. The highest BCUT2D eigenvalue weighted by atomic mass is 32.1. The molecule has 2 aromatic rings.